The molecule has 2 fully saturated rings. The van der Waals surface area contributed by atoms with Crippen molar-refractivity contribution in [3.63, 3.8) is 0 Å². The average Bonchev–Trinajstić information content (AvgIpc) is 3.05. The summed E-state index contributed by atoms with van der Waals surface area (Å²) < 4.78 is 0. The molecule has 2 saturated carbocycles. The normalized spacial score (nSPS) is 44.0. The predicted molar refractivity (Wildman–Crippen MR) is 124 cm³/mol. The number of fused-ring (bicyclic) bond motifs is 4. The summed E-state index contributed by atoms with van der Waals surface area (Å²) in [6, 6.07) is 0. The molecule has 0 aromatic rings. The number of aldehydes is 1. The second-order valence-corrected chi connectivity index (χ2v) is 12.0. The van der Waals surface area contributed by atoms with Crippen LogP contribution in [0.1, 0.15) is 98.8 Å². The molecule has 0 heterocycles. The number of allylic oxidation sites excluding steroid dienone is 4. The predicted octanol–water partition coefficient (Wildman–Crippen LogP) is 6.88. The highest BCUT2D eigenvalue weighted by molar-refractivity contribution is 5.57. The maximum Gasteiger partial charge on any atom is 0.125 e. The van der Waals surface area contributed by atoms with Crippen LogP contribution in [-0.4, -0.2) is 17.5 Å². The Labute approximate surface area is 184 Å². The maximum atomic E-state index is 11.8. The molecule has 0 saturated heterocycles. The van der Waals surface area contributed by atoms with E-state index in [0.29, 0.717) is 11.3 Å². The number of aliphatic hydroxyl groups is 1. The zero-order valence-electron chi connectivity index (χ0n) is 20.0. The van der Waals surface area contributed by atoms with Crippen LogP contribution in [0, 0.1) is 40.4 Å². The van der Waals surface area contributed by atoms with Crippen LogP contribution in [-0.2, 0) is 4.79 Å². The van der Waals surface area contributed by atoms with E-state index in [-0.39, 0.29) is 11.3 Å². The molecule has 8 atom stereocenters. The Morgan fingerprint density at radius 2 is 1.90 bits per heavy atom. The van der Waals surface area contributed by atoms with Gasteiger partial charge in [-0.05, 0) is 113 Å². The minimum atomic E-state index is -0.422. The van der Waals surface area contributed by atoms with Crippen molar-refractivity contribution < 1.29 is 9.90 Å². The fourth-order valence-corrected chi connectivity index (χ4v) is 8.61. The third kappa shape index (κ3) is 3.46. The van der Waals surface area contributed by atoms with Gasteiger partial charge in [-0.1, -0.05) is 43.6 Å². The third-order valence-corrected chi connectivity index (χ3v) is 10.3. The Morgan fingerprint density at radius 1 is 1.13 bits per heavy atom. The smallest absolute Gasteiger partial charge is 0.125 e. The molecular formula is C28H44O2. The van der Waals surface area contributed by atoms with E-state index in [1.54, 1.807) is 11.1 Å². The van der Waals surface area contributed by atoms with Crippen molar-refractivity contribution in [3.8, 4) is 0 Å². The van der Waals surface area contributed by atoms with Crippen molar-refractivity contribution in [2.24, 2.45) is 40.4 Å². The highest BCUT2D eigenvalue weighted by atomic mass is 16.3. The van der Waals surface area contributed by atoms with Crippen LogP contribution < -0.4 is 0 Å². The molecule has 2 heteroatoms. The van der Waals surface area contributed by atoms with Crippen molar-refractivity contribution in [1.29, 1.82) is 0 Å². The number of hydrogen-bond acceptors (Lipinski definition) is 2. The lowest BCUT2D eigenvalue weighted by Gasteiger charge is -2.56. The van der Waals surface area contributed by atoms with E-state index < -0.39 is 6.10 Å². The van der Waals surface area contributed by atoms with Crippen LogP contribution in [0.3, 0.4) is 0 Å². The Kier molecular flexibility index (Phi) is 6.12. The van der Waals surface area contributed by atoms with E-state index in [1.807, 2.05) is 0 Å². The maximum absolute atomic E-state index is 11.8. The lowest BCUT2D eigenvalue weighted by atomic mass is 9.49. The molecule has 0 bridgehead atoms. The van der Waals surface area contributed by atoms with Crippen molar-refractivity contribution in [1.82, 2.24) is 0 Å². The Morgan fingerprint density at radius 3 is 2.60 bits per heavy atom. The summed E-state index contributed by atoms with van der Waals surface area (Å²) in [6.07, 6.45) is 15.1. The number of aliphatic hydroxyl groups excluding tert-OH is 1. The summed E-state index contributed by atoms with van der Waals surface area (Å²) in [5, 5.41) is 10.5. The first kappa shape index (κ1) is 22.3. The molecule has 4 rings (SSSR count). The van der Waals surface area contributed by atoms with Crippen LogP contribution in [0.2, 0.25) is 0 Å². The van der Waals surface area contributed by atoms with E-state index in [4.69, 9.17) is 0 Å². The van der Waals surface area contributed by atoms with Crippen molar-refractivity contribution in [2.45, 2.75) is 105 Å². The Balaban J connectivity index is 1.58. The van der Waals surface area contributed by atoms with Gasteiger partial charge in [0.05, 0.1) is 6.10 Å². The fourth-order valence-electron chi connectivity index (χ4n) is 8.61. The second-order valence-electron chi connectivity index (χ2n) is 12.0. The molecule has 30 heavy (non-hydrogen) atoms. The van der Waals surface area contributed by atoms with Gasteiger partial charge in [0.25, 0.3) is 0 Å². The lowest BCUT2D eigenvalue weighted by Crippen LogP contribution is -2.50. The molecule has 1 N–H and O–H groups in total. The largest absolute Gasteiger partial charge is 0.392 e. The molecule has 4 aliphatic rings. The number of carbonyl (C=O) groups is 1. The molecule has 0 radical (unpaired) electrons. The summed E-state index contributed by atoms with van der Waals surface area (Å²) in [4.78, 5) is 11.8. The molecule has 0 spiro atoms. The van der Waals surface area contributed by atoms with E-state index in [9.17, 15) is 9.90 Å². The first-order chi connectivity index (χ1) is 14.2. The van der Waals surface area contributed by atoms with Gasteiger partial charge in [0.15, 0.2) is 0 Å². The minimum Gasteiger partial charge on any atom is -0.392 e. The SMILES string of the molecule is CC(C)=CCC[C@@H](C)[C@H]1CC[C@H]2C3=C(CC[C@]12C)[C@@]1(C)CC[C@H](O)C(C=O)[C@@H]1CC3. The standard InChI is InChI=1S/C28H44O2/c1-18(2)7-6-8-19(3)22-11-12-23-20-9-10-24-21(17-29)26(30)14-16-28(24,5)25(20)13-15-27(22,23)4/h7,17,19,21-24,26,30H,6,8-16H2,1-5H3/t19-,21?,22-,23+,24+,26+,27-,28+/m1/s1. The zero-order valence-corrected chi connectivity index (χ0v) is 20.0. The van der Waals surface area contributed by atoms with E-state index in [2.05, 4.69) is 40.7 Å². The van der Waals surface area contributed by atoms with Crippen LogP contribution in [0.25, 0.3) is 0 Å². The molecular weight excluding hydrogens is 368 g/mol. The Hall–Kier alpha value is -0.890. The quantitative estimate of drug-likeness (QED) is 0.395. The van der Waals surface area contributed by atoms with Gasteiger partial charge in [-0.3, -0.25) is 0 Å². The van der Waals surface area contributed by atoms with Gasteiger partial charge in [-0.2, -0.15) is 0 Å². The molecule has 0 aromatic carbocycles. The first-order valence-electron chi connectivity index (χ1n) is 12.7. The second kappa shape index (κ2) is 8.23. The summed E-state index contributed by atoms with van der Waals surface area (Å²) in [5.41, 5.74) is 5.57. The highest BCUT2D eigenvalue weighted by Crippen LogP contribution is 2.66. The topological polar surface area (TPSA) is 37.3 Å². The Bertz CT molecular complexity index is 729. The van der Waals surface area contributed by atoms with E-state index >= 15 is 0 Å². The third-order valence-electron chi connectivity index (χ3n) is 10.3. The van der Waals surface area contributed by atoms with Gasteiger partial charge < -0.3 is 9.90 Å². The molecule has 1 unspecified atom stereocenters. The van der Waals surface area contributed by atoms with Gasteiger partial charge in [0.2, 0.25) is 0 Å². The van der Waals surface area contributed by atoms with Gasteiger partial charge in [-0.15, -0.1) is 0 Å². The molecule has 0 amide bonds. The fraction of sp³-hybridized carbons (Fsp3) is 0.821. The highest BCUT2D eigenvalue weighted by Gasteiger charge is 2.57. The van der Waals surface area contributed by atoms with Crippen molar-refractivity contribution >= 4 is 6.29 Å². The summed E-state index contributed by atoms with van der Waals surface area (Å²) >= 11 is 0. The van der Waals surface area contributed by atoms with Gasteiger partial charge in [0.1, 0.15) is 6.29 Å². The molecule has 0 aromatic heterocycles. The summed E-state index contributed by atoms with van der Waals surface area (Å²) in [5.74, 6) is 2.61. The zero-order chi connectivity index (χ0) is 21.7. The average molecular weight is 413 g/mol. The van der Waals surface area contributed by atoms with Gasteiger partial charge in [-0.25, -0.2) is 0 Å². The van der Waals surface area contributed by atoms with Crippen molar-refractivity contribution in [2.75, 3.05) is 0 Å². The van der Waals surface area contributed by atoms with Crippen LogP contribution in [0.4, 0.5) is 0 Å². The number of carbonyl (C=O) groups excluding carboxylic acids is 1. The number of hydrogen-bond donors (Lipinski definition) is 1. The molecule has 0 aliphatic heterocycles. The molecule has 4 aliphatic carbocycles. The lowest BCUT2D eigenvalue weighted by molar-refractivity contribution is -0.123. The first-order valence-corrected chi connectivity index (χ1v) is 12.7. The minimum absolute atomic E-state index is 0.146. The van der Waals surface area contributed by atoms with E-state index in [0.717, 1.165) is 43.3 Å². The van der Waals surface area contributed by atoms with Crippen LogP contribution in [0.15, 0.2) is 22.8 Å². The van der Waals surface area contributed by atoms with Crippen LogP contribution in [0.5, 0.6) is 0 Å². The monoisotopic (exact) mass is 412 g/mol. The summed E-state index contributed by atoms with van der Waals surface area (Å²) in [6.45, 7) is 12.0. The number of rotatable bonds is 5. The molecule has 168 valence electrons. The van der Waals surface area contributed by atoms with Gasteiger partial charge >= 0.3 is 0 Å². The summed E-state index contributed by atoms with van der Waals surface area (Å²) in [7, 11) is 0. The van der Waals surface area contributed by atoms with Crippen LogP contribution >= 0.6 is 0 Å². The molecule has 2 nitrogen and oxygen atoms in total. The van der Waals surface area contributed by atoms with Crippen molar-refractivity contribution in [3.05, 3.63) is 22.8 Å². The van der Waals surface area contributed by atoms with E-state index in [1.165, 1.54) is 50.5 Å². The van der Waals surface area contributed by atoms with Gasteiger partial charge in [0, 0.05) is 5.92 Å².